The third kappa shape index (κ3) is 9.19. The van der Waals surface area contributed by atoms with Gasteiger partial charge in [0.2, 0.25) is 0 Å². The molecule has 15 heteroatoms. The number of piperazine rings is 2. The van der Waals surface area contributed by atoms with Gasteiger partial charge in [0.1, 0.15) is 11.2 Å². The summed E-state index contributed by atoms with van der Waals surface area (Å²) in [5.41, 5.74) is 3.42. The molecule has 4 fully saturated rings. The van der Waals surface area contributed by atoms with Gasteiger partial charge in [-0.25, -0.2) is 19.2 Å². The summed E-state index contributed by atoms with van der Waals surface area (Å²) in [6.45, 7) is 14.6. The van der Waals surface area contributed by atoms with Gasteiger partial charge in [-0.3, -0.25) is 0 Å². The molecule has 1 N–H and O–H groups in total. The summed E-state index contributed by atoms with van der Waals surface area (Å²) in [6.07, 6.45) is 5.24. The number of anilines is 1. The Labute approximate surface area is 342 Å². The molecule has 57 heavy (non-hydrogen) atoms. The van der Waals surface area contributed by atoms with Crippen LogP contribution in [0.1, 0.15) is 75.1 Å². The second kappa shape index (κ2) is 16.2. The molecule has 14 nitrogen and oxygen atoms in total. The Kier molecular flexibility index (Phi) is 11.9. The van der Waals surface area contributed by atoms with Gasteiger partial charge in [-0.1, -0.05) is 22.0 Å². The third-order valence-corrected chi connectivity index (χ3v) is 11.1. The zero-order chi connectivity index (χ0) is 41.6. The van der Waals surface area contributed by atoms with Gasteiger partial charge in [-0.15, -0.1) is 0 Å². The van der Waals surface area contributed by atoms with E-state index in [2.05, 4.69) is 32.2 Å². The first kappa shape index (κ1) is 41.9. The van der Waals surface area contributed by atoms with Crippen molar-refractivity contribution >= 4 is 67.5 Å². The van der Waals surface area contributed by atoms with Gasteiger partial charge in [-0.05, 0) is 84.7 Å². The number of aromatic nitrogens is 2. The van der Waals surface area contributed by atoms with Crippen LogP contribution in [0.15, 0.2) is 53.3 Å². The minimum atomic E-state index is -0.479. The van der Waals surface area contributed by atoms with Crippen molar-refractivity contribution in [1.29, 1.82) is 0 Å². The number of carbonyl (C=O) groups is 4. The van der Waals surface area contributed by atoms with Crippen LogP contribution in [-0.4, -0.2) is 119 Å². The van der Waals surface area contributed by atoms with Crippen LogP contribution in [0.3, 0.4) is 0 Å². The number of hydrogen-bond donors (Lipinski definition) is 1. The minimum Gasteiger partial charge on any atom is -0.465 e. The van der Waals surface area contributed by atoms with E-state index in [1.165, 1.54) is 14.2 Å². The van der Waals surface area contributed by atoms with E-state index >= 15 is 0 Å². The van der Waals surface area contributed by atoms with Crippen LogP contribution in [0.4, 0.5) is 15.3 Å². The lowest BCUT2D eigenvalue weighted by atomic mass is 10.1. The maximum Gasteiger partial charge on any atom is 0.410 e. The van der Waals surface area contributed by atoms with E-state index in [-0.39, 0.29) is 41.8 Å². The summed E-state index contributed by atoms with van der Waals surface area (Å²) >= 11 is 3.40. The molecular formula is C42H55BrN6O8. The maximum atomic E-state index is 12.4. The first-order chi connectivity index (χ1) is 26.8. The van der Waals surface area contributed by atoms with Crippen LogP contribution in [0.2, 0.25) is 0 Å². The highest BCUT2D eigenvalue weighted by Gasteiger charge is 2.47. The molecule has 4 atom stereocenters. The lowest BCUT2D eigenvalue weighted by Crippen LogP contribution is -2.50. The van der Waals surface area contributed by atoms with Crippen molar-refractivity contribution in [3.63, 3.8) is 0 Å². The van der Waals surface area contributed by atoms with E-state index in [0.717, 1.165) is 64.4 Å². The van der Waals surface area contributed by atoms with Gasteiger partial charge in [0.25, 0.3) is 0 Å². The Morgan fingerprint density at radius 1 is 0.684 bits per heavy atom. The highest BCUT2D eigenvalue weighted by Crippen LogP contribution is 2.37. The van der Waals surface area contributed by atoms with E-state index in [1.807, 2.05) is 105 Å². The van der Waals surface area contributed by atoms with E-state index in [9.17, 15) is 19.2 Å². The van der Waals surface area contributed by atoms with Crippen molar-refractivity contribution in [2.75, 3.05) is 45.3 Å². The molecule has 4 aliphatic rings. The average molecular weight is 852 g/mol. The van der Waals surface area contributed by atoms with Crippen LogP contribution in [-0.2, 0) is 33.0 Å². The third-order valence-electron chi connectivity index (χ3n) is 10.6. The zero-order valence-electron chi connectivity index (χ0n) is 34.6. The van der Waals surface area contributed by atoms with Crippen molar-refractivity contribution in [1.82, 2.24) is 24.3 Å². The standard InChI is InChI=1S/C21H27N3O4.C11H10BrNO2.C10H18N2O2/c1-21(2,3)28-20(26)24-11-14-8-15(24)10-23(14)13-6-7-16-17(19(25)27-5)12-22(4)18(16)9-13;1-13-6-9(11(14)15-2)8-4-3-7(12)5-10(8)13;1-10(2,3)14-9(13)12-6-7-4-8(12)5-11-7/h6-7,9,12,14-15H,8,10-11H2,1-5H3;3-6H,1-2H3;7-8,11H,4-6H2,1-3H3/t14-,15-;;7-,8-/m1.1/s1. The number of likely N-dealkylation sites (tertiary alicyclic amines) is 2. The summed E-state index contributed by atoms with van der Waals surface area (Å²) in [7, 11) is 6.62. The second-order valence-corrected chi connectivity index (χ2v) is 18.0. The molecule has 0 spiro atoms. The Balaban J connectivity index is 0.000000159. The topological polar surface area (TPSA) is 137 Å². The number of aryl methyl sites for hydroxylation is 2. The molecule has 0 saturated carbocycles. The summed E-state index contributed by atoms with van der Waals surface area (Å²) in [6, 6.07) is 13.2. The molecule has 0 aliphatic carbocycles. The van der Waals surface area contributed by atoms with Gasteiger partial charge >= 0.3 is 24.1 Å². The number of ether oxygens (including phenoxy) is 4. The smallest absolute Gasteiger partial charge is 0.410 e. The monoisotopic (exact) mass is 850 g/mol. The Bertz CT molecular complexity index is 2170. The molecule has 4 bridgehead atoms. The van der Waals surface area contributed by atoms with Crippen LogP contribution in [0.5, 0.6) is 0 Å². The van der Waals surface area contributed by atoms with Gasteiger partial charge in [0.05, 0.1) is 36.9 Å². The summed E-state index contributed by atoms with van der Waals surface area (Å²) in [5.74, 6) is -0.630. The molecule has 308 valence electrons. The molecule has 4 saturated heterocycles. The number of benzene rings is 2. The van der Waals surface area contributed by atoms with Gasteiger partial charge in [0.15, 0.2) is 0 Å². The molecule has 6 heterocycles. The number of amides is 2. The van der Waals surface area contributed by atoms with Crippen molar-refractivity contribution in [3.8, 4) is 0 Å². The predicted octanol–water partition coefficient (Wildman–Crippen LogP) is 6.86. The molecular weight excluding hydrogens is 796 g/mol. The van der Waals surface area contributed by atoms with E-state index in [0.29, 0.717) is 29.8 Å². The number of carbonyl (C=O) groups excluding carboxylic acids is 4. The quantitative estimate of drug-likeness (QED) is 0.172. The van der Waals surface area contributed by atoms with E-state index < -0.39 is 5.60 Å². The van der Waals surface area contributed by atoms with Gasteiger partial charge in [-0.2, -0.15) is 0 Å². The predicted molar refractivity (Wildman–Crippen MR) is 222 cm³/mol. The first-order valence-corrected chi connectivity index (χ1v) is 20.1. The number of nitrogens with one attached hydrogen (secondary N) is 1. The minimum absolute atomic E-state index is 0.161. The van der Waals surface area contributed by atoms with Crippen LogP contribution in [0.25, 0.3) is 21.8 Å². The van der Waals surface area contributed by atoms with Crippen LogP contribution in [0, 0.1) is 0 Å². The zero-order valence-corrected chi connectivity index (χ0v) is 36.1. The van der Waals surface area contributed by atoms with Crippen molar-refractivity contribution in [2.24, 2.45) is 14.1 Å². The fourth-order valence-electron chi connectivity index (χ4n) is 8.09. The summed E-state index contributed by atoms with van der Waals surface area (Å²) in [5, 5.41) is 5.15. The highest BCUT2D eigenvalue weighted by molar-refractivity contribution is 9.10. The SMILES string of the molecule is CC(C)(C)OC(=O)N1C[C@H]2C[C@@H]1CN2.COC(=O)c1cn(C)c2cc(Br)ccc12.COC(=O)c1cn(C)c2cc(N3C[C@H]4C[C@@H]3CN4C(=O)OC(C)(C)C)ccc12. The number of halogens is 1. The van der Waals surface area contributed by atoms with E-state index in [1.54, 1.807) is 12.4 Å². The normalized spacial score (nSPS) is 20.9. The fourth-order valence-corrected chi connectivity index (χ4v) is 8.43. The van der Waals surface area contributed by atoms with Crippen LogP contribution >= 0.6 is 15.9 Å². The summed E-state index contributed by atoms with van der Waals surface area (Å²) < 4.78 is 25.3. The van der Waals surface area contributed by atoms with Crippen molar-refractivity contribution in [3.05, 3.63) is 64.4 Å². The molecule has 2 aromatic heterocycles. The Morgan fingerprint density at radius 2 is 1.21 bits per heavy atom. The fraction of sp³-hybridized carbons (Fsp3) is 0.524. The molecule has 0 radical (unpaired) electrons. The largest absolute Gasteiger partial charge is 0.465 e. The van der Waals surface area contributed by atoms with Gasteiger partial charge < -0.3 is 48.1 Å². The average Bonchev–Trinajstić information content (AvgIpc) is 4.01. The molecule has 2 amide bonds. The molecule has 0 unspecified atom stereocenters. The van der Waals surface area contributed by atoms with Gasteiger partial charge in [0, 0.05) is 97.2 Å². The van der Waals surface area contributed by atoms with Crippen LogP contribution < -0.4 is 10.2 Å². The lowest BCUT2D eigenvalue weighted by molar-refractivity contribution is 0.0198. The summed E-state index contributed by atoms with van der Waals surface area (Å²) in [4.78, 5) is 53.7. The van der Waals surface area contributed by atoms with Crippen molar-refractivity contribution < 1.29 is 38.1 Å². The highest BCUT2D eigenvalue weighted by atomic mass is 79.9. The Hall–Kier alpha value is -4.76. The van der Waals surface area contributed by atoms with Crippen molar-refractivity contribution in [2.45, 2.75) is 89.8 Å². The molecule has 8 rings (SSSR count). The number of hydrogen-bond acceptors (Lipinski definition) is 10. The first-order valence-electron chi connectivity index (χ1n) is 19.3. The molecule has 4 aliphatic heterocycles. The molecule has 4 aromatic rings. The maximum absolute atomic E-state index is 12.4. The number of rotatable bonds is 3. The number of methoxy groups -OCH3 is 2. The second-order valence-electron chi connectivity index (χ2n) is 17.1. The Morgan fingerprint density at radius 3 is 1.67 bits per heavy atom. The lowest BCUT2D eigenvalue weighted by Gasteiger charge is -2.36. The molecule has 2 aromatic carbocycles. The number of esters is 2. The number of nitrogens with zero attached hydrogens (tertiary/aromatic N) is 5. The van der Waals surface area contributed by atoms with E-state index in [4.69, 9.17) is 18.9 Å². The number of fused-ring (bicyclic) bond motifs is 6.